The van der Waals surface area contributed by atoms with Gasteiger partial charge in [-0.3, -0.25) is 0 Å². The zero-order chi connectivity index (χ0) is 10.1. The van der Waals surface area contributed by atoms with Gasteiger partial charge in [0, 0.05) is 4.90 Å². The van der Waals surface area contributed by atoms with E-state index in [1.54, 1.807) is 12.1 Å². The molecule has 0 atom stereocenters. The summed E-state index contributed by atoms with van der Waals surface area (Å²) in [5, 5.41) is 8.46. The Morgan fingerprint density at radius 2 is 1.85 bits per heavy atom. The van der Waals surface area contributed by atoms with Crippen LogP contribution in [-0.4, -0.2) is 0 Å². The Bertz CT molecular complexity index is 266. The van der Waals surface area contributed by atoms with Crippen LogP contribution in [0.15, 0.2) is 29.2 Å². The average molecular weight is 215 g/mol. The number of hydrogen-bond donors (Lipinski definition) is 1. The first-order valence-electron chi connectivity index (χ1n) is 3.89. The lowest BCUT2D eigenvalue weighted by Gasteiger charge is -1.95. The lowest BCUT2D eigenvalue weighted by Crippen LogP contribution is -1.81. The van der Waals surface area contributed by atoms with Gasteiger partial charge in [-0.2, -0.15) is 9.50 Å². The van der Waals surface area contributed by atoms with E-state index >= 15 is 0 Å². The standard InChI is InChI=1S/C7H5ClN2S.C2H6/c8-10-11-7-3-1-6(5-9)2-4-7;1-2/h1-4,10H;1-2H3. The van der Waals surface area contributed by atoms with Crippen molar-refractivity contribution in [2.24, 2.45) is 0 Å². The monoisotopic (exact) mass is 214 g/mol. The lowest BCUT2D eigenvalue weighted by atomic mass is 10.2. The molecule has 0 fully saturated rings. The van der Waals surface area contributed by atoms with Crippen LogP contribution in [0.1, 0.15) is 19.4 Å². The highest BCUT2D eigenvalue weighted by Crippen LogP contribution is 2.14. The highest BCUT2D eigenvalue weighted by molar-refractivity contribution is 7.98. The van der Waals surface area contributed by atoms with E-state index in [2.05, 4.69) is 4.24 Å². The molecule has 2 nitrogen and oxygen atoms in total. The number of benzene rings is 1. The molecule has 0 heterocycles. The van der Waals surface area contributed by atoms with Gasteiger partial charge >= 0.3 is 0 Å². The van der Waals surface area contributed by atoms with E-state index in [9.17, 15) is 0 Å². The summed E-state index contributed by atoms with van der Waals surface area (Å²) < 4.78 is 2.43. The fourth-order valence-corrected chi connectivity index (χ4v) is 1.27. The molecule has 0 spiro atoms. The third-order valence-electron chi connectivity index (χ3n) is 1.14. The quantitative estimate of drug-likeness (QED) is 0.606. The van der Waals surface area contributed by atoms with Crippen molar-refractivity contribution in [3.8, 4) is 6.07 Å². The Kier molecular flexibility index (Phi) is 7.51. The Balaban J connectivity index is 0.000000671. The third kappa shape index (κ3) is 4.79. The Labute approximate surface area is 88.1 Å². The number of halogens is 1. The van der Waals surface area contributed by atoms with Crippen molar-refractivity contribution in [2.45, 2.75) is 18.7 Å². The van der Waals surface area contributed by atoms with Gasteiger partial charge in [0.25, 0.3) is 0 Å². The molecular formula is C9H11ClN2S. The van der Waals surface area contributed by atoms with E-state index in [0.717, 1.165) is 4.90 Å². The van der Waals surface area contributed by atoms with Gasteiger partial charge in [-0.25, -0.2) is 0 Å². The molecule has 1 N–H and O–H groups in total. The second-order valence-corrected chi connectivity index (χ2v) is 3.11. The molecule has 0 radical (unpaired) electrons. The molecule has 0 unspecified atom stereocenters. The molecule has 13 heavy (non-hydrogen) atoms. The molecule has 1 aromatic carbocycles. The number of rotatable bonds is 2. The van der Waals surface area contributed by atoms with Crippen LogP contribution in [0.3, 0.4) is 0 Å². The summed E-state index contributed by atoms with van der Waals surface area (Å²) in [4.78, 5) is 0.985. The molecule has 4 heteroatoms. The van der Waals surface area contributed by atoms with Gasteiger partial charge in [0.2, 0.25) is 0 Å². The van der Waals surface area contributed by atoms with Crippen LogP contribution in [0.25, 0.3) is 0 Å². The number of nitriles is 1. The smallest absolute Gasteiger partial charge is 0.0991 e. The molecule has 0 aliphatic heterocycles. The first-order valence-corrected chi connectivity index (χ1v) is 5.09. The van der Waals surface area contributed by atoms with E-state index in [1.807, 2.05) is 32.0 Å². The fraction of sp³-hybridized carbons (Fsp3) is 0.222. The summed E-state index contributed by atoms with van der Waals surface area (Å²) >= 11 is 6.56. The van der Waals surface area contributed by atoms with Gasteiger partial charge in [-0.1, -0.05) is 13.8 Å². The third-order valence-corrected chi connectivity index (χ3v) is 1.96. The first-order chi connectivity index (χ1) is 6.36. The molecule has 0 saturated carbocycles. The average Bonchev–Trinajstić information content (AvgIpc) is 2.23. The zero-order valence-corrected chi connectivity index (χ0v) is 9.12. The minimum absolute atomic E-state index is 0.656. The predicted octanol–water partition coefficient (Wildman–Crippen LogP) is 3.33. The minimum Gasteiger partial charge on any atom is -0.192 e. The predicted molar refractivity (Wildman–Crippen MR) is 57.4 cm³/mol. The molecule has 0 aliphatic carbocycles. The summed E-state index contributed by atoms with van der Waals surface area (Å²) in [6.07, 6.45) is 0. The summed E-state index contributed by atoms with van der Waals surface area (Å²) in [5.74, 6) is 0. The molecule has 0 amide bonds. The molecule has 0 bridgehead atoms. The van der Waals surface area contributed by atoms with Crippen LogP contribution >= 0.6 is 23.7 Å². The SMILES string of the molecule is CC.N#Cc1ccc(SNCl)cc1. The van der Waals surface area contributed by atoms with Gasteiger partial charge in [-0.05, 0) is 48.0 Å². The van der Waals surface area contributed by atoms with Crippen molar-refractivity contribution in [2.75, 3.05) is 0 Å². The highest BCUT2D eigenvalue weighted by Gasteiger charge is 1.91. The van der Waals surface area contributed by atoms with Gasteiger partial charge in [0.05, 0.1) is 11.6 Å². The maximum absolute atomic E-state index is 8.46. The van der Waals surface area contributed by atoms with Crippen molar-refractivity contribution in [3.63, 3.8) is 0 Å². The van der Waals surface area contributed by atoms with Gasteiger partial charge in [0.15, 0.2) is 0 Å². The Morgan fingerprint density at radius 3 is 2.23 bits per heavy atom. The summed E-state index contributed by atoms with van der Waals surface area (Å²) in [6.45, 7) is 4.00. The van der Waals surface area contributed by atoms with E-state index in [4.69, 9.17) is 17.0 Å². The van der Waals surface area contributed by atoms with E-state index in [1.165, 1.54) is 11.9 Å². The molecular weight excluding hydrogens is 204 g/mol. The van der Waals surface area contributed by atoms with Gasteiger partial charge in [-0.15, -0.1) is 0 Å². The fourth-order valence-electron chi connectivity index (χ4n) is 0.642. The van der Waals surface area contributed by atoms with Crippen LogP contribution in [-0.2, 0) is 0 Å². The van der Waals surface area contributed by atoms with Crippen molar-refractivity contribution in [1.29, 1.82) is 5.26 Å². The van der Waals surface area contributed by atoms with Crippen molar-refractivity contribution < 1.29 is 0 Å². The molecule has 1 aromatic rings. The van der Waals surface area contributed by atoms with E-state index < -0.39 is 0 Å². The summed E-state index contributed by atoms with van der Waals surface area (Å²) in [7, 11) is 0. The summed E-state index contributed by atoms with van der Waals surface area (Å²) in [5.41, 5.74) is 0.656. The maximum Gasteiger partial charge on any atom is 0.0991 e. The zero-order valence-electron chi connectivity index (χ0n) is 7.54. The van der Waals surface area contributed by atoms with Crippen LogP contribution in [0.4, 0.5) is 0 Å². The van der Waals surface area contributed by atoms with Gasteiger partial charge in [0.1, 0.15) is 0 Å². The molecule has 0 saturated heterocycles. The van der Waals surface area contributed by atoms with Crippen LogP contribution in [0.5, 0.6) is 0 Å². The Hall–Kier alpha value is -0.690. The topological polar surface area (TPSA) is 35.8 Å². The van der Waals surface area contributed by atoms with Crippen LogP contribution in [0, 0.1) is 11.3 Å². The number of hydrogen-bond acceptors (Lipinski definition) is 3. The molecule has 70 valence electrons. The maximum atomic E-state index is 8.46. The number of nitrogens with zero attached hydrogens (tertiary/aromatic N) is 1. The Morgan fingerprint density at radius 1 is 1.31 bits per heavy atom. The lowest BCUT2D eigenvalue weighted by molar-refractivity contribution is 1.40. The van der Waals surface area contributed by atoms with E-state index in [-0.39, 0.29) is 0 Å². The molecule has 1 rings (SSSR count). The van der Waals surface area contributed by atoms with Gasteiger partial charge < -0.3 is 0 Å². The largest absolute Gasteiger partial charge is 0.192 e. The van der Waals surface area contributed by atoms with E-state index in [0.29, 0.717) is 5.56 Å². The minimum atomic E-state index is 0.656. The molecule has 0 aliphatic rings. The molecule has 0 aromatic heterocycles. The van der Waals surface area contributed by atoms with Crippen LogP contribution < -0.4 is 4.24 Å². The first kappa shape index (κ1) is 12.3. The van der Waals surface area contributed by atoms with Crippen molar-refractivity contribution in [1.82, 2.24) is 4.24 Å². The van der Waals surface area contributed by atoms with Crippen LogP contribution in [0.2, 0.25) is 0 Å². The number of nitrogens with one attached hydrogen (secondary N) is 1. The highest BCUT2D eigenvalue weighted by atomic mass is 35.5. The summed E-state index contributed by atoms with van der Waals surface area (Å²) in [6, 6.07) is 9.19. The normalized spacial score (nSPS) is 8.15. The second kappa shape index (κ2) is 7.93. The van der Waals surface area contributed by atoms with Crippen molar-refractivity contribution >= 4 is 23.7 Å². The van der Waals surface area contributed by atoms with Crippen molar-refractivity contribution in [3.05, 3.63) is 29.8 Å². The second-order valence-electron chi connectivity index (χ2n) is 1.82.